The fourth-order valence-electron chi connectivity index (χ4n) is 4.54. The highest BCUT2D eigenvalue weighted by Gasteiger charge is 2.20. The van der Waals surface area contributed by atoms with Crippen LogP contribution in [-0.2, 0) is 4.79 Å². The number of para-hydroxylation sites is 1. The van der Waals surface area contributed by atoms with Crippen molar-refractivity contribution in [2.45, 2.75) is 18.9 Å². The summed E-state index contributed by atoms with van der Waals surface area (Å²) in [7, 11) is 2.06. The average Bonchev–Trinajstić information content (AvgIpc) is 3.29. The summed E-state index contributed by atoms with van der Waals surface area (Å²) in [5.74, 6) is -0.224. The molecule has 1 aliphatic rings. The molecule has 4 aromatic rings. The molecular weight excluding hydrogens is 477 g/mol. The second-order valence-electron chi connectivity index (χ2n) is 8.76. The third-order valence-electron chi connectivity index (χ3n) is 6.35. The molecule has 0 aliphatic carbocycles. The maximum absolute atomic E-state index is 14.5. The van der Waals surface area contributed by atoms with Crippen LogP contribution in [0.4, 0.5) is 21.6 Å². The third-order valence-corrected chi connectivity index (χ3v) is 6.58. The minimum absolute atomic E-state index is 0.238. The van der Waals surface area contributed by atoms with Gasteiger partial charge in [-0.1, -0.05) is 41.9 Å². The van der Waals surface area contributed by atoms with Gasteiger partial charge in [0.05, 0.1) is 16.6 Å². The zero-order valence-electron chi connectivity index (χ0n) is 19.7. The molecule has 2 N–H and O–H groups in total. The molecule has 3 aromatic carbocycles. The number of rotatable bonds is 6. The Bertz CT molecular complexity index is 1460. The summed E-state index contributed by atoms with van der Waals surface area (Å²) < 4.78 is 14.5. The molecule has 36 heavy (non-hydrogen) atoms. The van der Waals surface area contributed by atoms with Crippen LogP contribution in [0.3, 0.4) is 0 Å². The Labute approximate surface area is 213 Å². The van der Waals surface area contributed by atoms with Crippen molar-refractivity contribution in [1.82, 2.24) is 14.9 Å². The predicted octanol–water partition coefficient (Wildman–Crippen LogP) is 6.42. The number of carbonyl (C=O) groups is 1. The Kier molecular flexibility index (Phi) is 6.93. The van der Waals surface area contributed by atoms with Gasteiger partial charge in [0.25, 0.3) is 0 Å². The molecule has 8 heteroatoms. The van der Waals surface area contributed by atoms with Crippen LogP contribution in [0.25, 0.3) is 22.0 Å². The second-order valence-corrected chi connectivity index (χ2v) is 9.19. The first-order valence-corrected chi connectivity index (χ1v) is 12.1. The van der Waals surface area contributed by atoms with Gasteiger partial charge in [-0.25, -0.2) is 14.4 Å². The van der Waals surface area contributed by atoms with E-state index < -0.39 is 5.82 Å². The molecule has 5 rings (SSSR count). The van der Waals surface area contributed by atoms with Crippen molar-refractivity contribution < 1.29 is 9.18 Å². The summed E-state index contributed by atoms with van der Waals surface area (Å²) in [6.45, 7) is 1.03. The van der Waals surface area contributed by atoms with Gasteiger partial charge < -0.3 is 10.6 Å². The van der Waals surface area contributed by atoms with Gasteiger partial charge in [-0.2, -0.15) is 0 Å². The van der Waals surface area contributed by atoms with Gasteiger partial charge in [-0.15, -0.1) is 0 Å². The number of amides is 1. The number of fused-ring (bicyclic) bond motifs is 1. The molecule has 1 atom stereocenters. The Morgan fingerprint density at radius 1 is 1.11 bits per heavy atom. The predicted molar refractivity (Wildman–Crippen MR) is 143 cm³/mol. The van der Waals surface area contributed by atoms with E-state index in [0.717, 1.165) is 24.9 Å². The van der Waals surface area contributed by atoms with Gasteiger partial charge in [-0.05, 0) is 68.4 Å². The number of aromatic nitrogens is 2. The molecule has 1 amide bonds. The first-order valence-electron chi connectivity index (χ1n) is 11.7. The first-order chi connectivity index (χ1) is 17.5. The summed E-state index contributed by atoms with van der Waals surface area (Å²) in [6, 6.07) is 17.6. The van der Waals surface area contributed by atoms with Crippen molar-refractivity contribution in [2.24, 2.45) is 0 Å². The zero-order valence-corrected chi connectivity index (χ0v) is 20.5. The average molecular weight is 502 g/mol. The van der Waals surface area contributed by atoms with Crippen molar-refractivity contribution in [1.29, 1.82) is 0 Å². The van der Waals surface area contributed by atoms with Gasteiger partial charge in [0.1, 0.15) is 18.0 Å². The molecule has 1 unspecified atom stereocenters. The van der Waals surface area contributed by atoms with Crippen LogP contribution in [0.2, 0.25) is 5.02 Å². The van der Waals surface area contributed by atoms with E-state index in [1.807, 2.05) is 36.4 Å². The van der Waals surface area contributed by atoms with Crippen molar-refractivity contribution in [3.8, 4) is 11.1 Å². The fourth-order valence-corrected chi connectivity index (χ4v) is 4.73. The van der Waals surface area contributed by atoms with E-state index in [9.17, 15) is 9.18 Å². The molecule has 0 radical (unpaired) electrons. The van der Waals surface area contributed by atoms with Gasteiger partial charge in [0.15, 0.2) is 0 Å². The SMILES string of the molecule is CN1CCCC1/C=C/C(=O)Nc1ccc2ncnc(Nc3ccccc3F)c2c1-c1cccc(Cl)c1. The van der Waals surface area contributed by atoms with Gasteiger partial charge >= 0.3 is 0 Å². The van der Waals surface area contributed by atoms with E-state index in [1.165, 1.54) is 12.4 Å². The van der Waals surface area contributed by atoms with Crippen LogP contribution in [0.1, 0.15) is 12.8 Å². The van der Waals surface area contributed by atoms with E-state index in [-0.39, 0.29) is 17.6 Å². The van der Waals surface area contributed by atoms with Crippen LogP contribution >= 0.6 is 11.6 Å². The van der Waals surface area contributed by atoms with Crippen molar-refractivity contribution in [3.63, 3.8) is 0 Å². The van der Waals surface area contributed by atoms with Gasteiger partial charge in [0.2, 0.25) is 5.91 Å². The summed E-state index contributed by atoms with van der Waals surface area (Å²) in [4.78, 5) is 24.0. The van der Waals surface area contributed by atoms with Crippen LogP contribution in [0, 0.1) is 5.82 Å². The number of carbonyl (C=O) groups excluding carboxylic acids is 1. The Morgan fingerprint density at radius 2 is 1.97 bits per heavy atom. The highest BCUT2D eigenvalue weighted by Crippen LogP contribution is 2.39. The molecule has 0 spiro atoms. The van der Waals surface area contributed by atoms with Crippen molar-refractivity contribution in [3.05, 3.63) is 90.0 Å². The third kappa shape index (κ3) is 5.08. The number of nitrogens with zero attached hydrogens (tertiary/aromatic N) is 3. The number of nitrogens with one attached hydrogen (secondary N) is 2. The topological polar surface area (TPSA) is 70.2 Å². The lowest BCUT2D eigenvalue weighted by Crippen LogP contribution is -2.23. The number of likely N-dealkylation sites (tertiary alicyclic amines) is 1. The standard InChI is InChI=1S/C28H25ClFN5O/c1-35-15-5-8-20(35)11-14-25(36)33-24-13-12-23-27(26(24)18-6-4-7-19(29)16-18)28(32-17-31-23)34-22-10-3-2-9-21(22)30/h2-4,6-7,9-14,16-17,20H,5,8,15H2,1H3,(H,33,36)(H,31,32,34)/b14-11+. The van der Waals surface area contributed by atoms with E-state index >= 15 is 0 Å². The number of anilines is 3. The summed E-state index contributed by atoms with van der Waals surface area (Å²) in [5, 5.41) is 7.30. The van der Waals surface area contributed by atoms with E-state index in [4.69, 9.17) is 11.6 Å². The molecule has 1 fully saturated rings. The summed E-state index contributed by atoms with van der Waals surface area (Å²) in [5.41, 5.74) is 2.96. The highest BCUT2D eigenvalue weighted by molar-refractivity contribution is 6.31. The van der Waals surface area contributed by atoms with E-state index in [1.54, 1.807) is 30.3 Å². The number of hydrogen-bond acceptors (Lipinski definition) is 5. The van der Waals surface area contributed by atoms with Gasteiger partial charge in [-0.3, -0.25) is 9.69 Å². The molecule has 6 nitrogen and oxygen atoms in total. The summed E-state index contributed by atoms with van der Waals surface area (Å²) >= 11 is 6.33. The Morgan fingerprint density at radius 3 is 2.75 bits per heavy atom. The number of hydrogen-bond donors (Lipinski definition) is 2. The van der Waals surface area contributed by atoms with E-state index in [0.29, 0.717) is 33.0 Å². The Hall–Kier alpha value is -3.81. The molecule has 182 valence electrons. The van der Waals surface area contributed by atoms with Gasteiger partial charge in [0, 0.05) is 28.4 Å². The fraction of sp³-hybridized carbons (Fsp3) is 0.179. The second kappa shape index (κ2) is 10.4. The smallest absolute Gasteiger partial charge is 0.248 e. The molecule has 0 saturated carbocycles. The maximum Gasteiger partial charge on any atom is 0.248 e. The molecular formula is C28H25ClFN5O. The van der Waals surface area contributed by atoms with Crippen molar-refractivity contribution in [2.75, 3.05) is 24.2 Å². The minimum Gasteiger partial charge on any atom is -0.337 e. The first kappa shape index (κ1) is 23.9. The number of halogens is 2. The molecule has 0 bridgehead atoms. The normalized spacial score (nSPS) is 16.0. The van der Waals surface area contributed by atoms with Crippen LogP contribution in [-0.4, -0.2) is 40.4 Å². The molecule has 1 aromatic heterocycles. The van der Waals surface area contributed by atoms with Crippen LogP contribution < -0.4 is 10.6 Å². The summed E-state index contributed by atoms with van der Waals surface area (Å²) in [6.07, 6.45) is 7.10. The van der Waals surface area contributed by atoms with Crippen molar-refractivity contribution >= 4 is 45.6 Å². The van der Waals surface area contributed by atoms with Crippen LogP contribution in [0.15, 0.2) is 79.1 Å². The molecule has 2 heterocycles. The largest absolute Gasteiger partial charge is 0.337 e. The molecule has 1 aliphatic heterocycles. The lowest BCUT2D eigenvalue weighted by Gasteiger charge is -2.17. The number of benzene rings is 3. The zero-order chi connectivity index (χ0) is 25.1. The monoisotopic (exact) mass is 501 g/mol. The lowest BCUT2D eigenvalue weighted by atomic mass is 9.98. The Balaban J connectivity index is 1.60. The highest BCUT2D eigenvalue weighted by atomic mass is 35.5. The van der Waals surface area contributed by atoms with E-state index in [2.05, 4.69) is 32.5 Å². The lowest BCUT2D eigenvalue weighted by molar-refractivity contribution is -0.111. The van der Waals surface area contributed by atoms with Crippen LogP contribution in [0.5, 0.6) is 0 Å². The maximum atomic E-state index is 14.5. The number of likely N-dealkylation sites (N-methyl/N-ethyl adjacent to an activating group) is 1. The molecule has 1 saturated heterocycles. The quantitative estimate of drug-likeness (QED) is 0.298. The minimum atomic E-state index is -0.403.